The number of carbonyl (C=O) groups is 3. The first-order valence-electron chi connectivity index (χ1n) is 29.1. The number of rotatable bonds is 52. The molecule has 0 saturated heterocycles. The summed E-state index contributed by atoms with van der Waals surface area (Å²) in [7, 11) is 0. The van der Waals surface area contributed by atoms with Crippen LogP contribution in [-0.2, 0) is 28.6 Å². The zero-order chi connectivity index (χ0) is 50.0. The van der Waals surface area contributed by atoms with Crippen LogP contribution in [0, 0.1) is 0 Å². The van der Waals surface area contributed by atoms with E-state index in [2.05, 4.69) is 106 Å². The van der Waals surface area contributed by atoms with Crippen molar-refractivity contribution in [3.8, 4) is 0 Å². The molecule has 1 unspecified atom stereocenters. The Bertz CT molecular complexity index is 1330. The molecule has 0 fully saturated rings. The Hall–Kier alpha value is -3.41. The molecule has 0 aromatic rings. The molecule has 0 aliphatic carbocycles. The van der Waals surface area contributed by atoms with Crippen molar-refractivity contribution >= 4 is 17.9 Å². The second kappa shape index (κ2) is 57.2. The molecule has 0 aromatic carbocycles. The highest BCUT2D eigenvalue weighted by Gasteiger charge is 2.19. The maximum absolute atomic E-state index is 12.7. The number of hydrogen-bond acceptors (Lipinski definition) is 6. The minimum Gasteiger partial charge on any atom is -0.462 e. The largest absolute Gasteiger partial charge is 0.462 e. The Balaban J connectivity index is 4.00. The highest BCUT2D eigenvalue weighted by atomic mass is 16.6. The number of hydrogen-bond donors (Lipinski definition) is 0. The first-order chi connectivity index (χ1) is 34.0. The van der Waals surface area contributed by atoms with Crippen molar-refractivity contribution < 1.29 is 28.6 Å². The van der Waals surface area contributed by atoms with Gasteiger partial charge >= 0.3 is 17.9 Å². The second-order valence-corrected chi connectivity index (χ2v) is 19.2. The van der Waals surface area contributed by atoms with Crippen molar-refractivity contribution in [3.05, 3.63) is 85.1 Å². The Labute approximate surface area is 426 Å². The molecular weight excluding hydrogens is 853 g/mol. The normalized spacial score (nSPS) is 12.7. The topological polar surface area (TPSA) is 78.9 Å². The van der Waals surface area contributed by atoms with Crippen molar-refractivity contribution in [3.63, 3.8) is 0 Å². The summed E-state index contributed by atoms with van der Waals surface area (Å²) in [6.07, 6.45) is 74.9. The molecule has 0 saturated carbocycles. The summed E-state index contributed by atoms with van der Waals surface area (Å²) in [5.74, 6) is -0.904. The van der Waals surface area contributed by atoms with Gasteiger partial charge in [-0.15, -0.1) is 0 Å². The molecular formula is C63H108O6. The molecule has 0 aromatic heterocycles. The van der Waals surface area contributed by atoms with Crippen molar-refractivity contribution in [2.45, 2.75) is 284 Å². The van der Waals surface area contributed by atoms with E-state index in [0.717, 1.165) is 122 Å². The average molecular weight is 962 g/mol. The maximum atomic E-state index is 12.7. The summed E-state index contributed by atoms with van der Waals surface area (Å²) in [6.45, 7) is 6.41. The van der Waals surface area contributed by atoms with Gasteiger partial charge in [-0.05, 0) is 96.3 Å². The monoisotopic (exact) mass is 961 g/mol. The number of ether oxygens (including phenoxy) is 3. The lowest BCUT2D eigenvalue weighted by molar-refractivity contribution is -0.167. The number of carbonyl (C=O) groups excluding carboxylic acids is 3. The van der Waals surface area contributed by atoms with Crippen molar-refractivity contribution in [1.82, 2.24) is 0 Å². The predicted octanol–water partition coefficient (Wildman–Crippen LogP) is 19.5. The highest BCUT2D eigenvalue weighted by Crippen LogP contribution is 2.16. The van der Waals surface area contributed by atoms with Gasteiger partial charge in [-0.2, -0.15) is 0 Å². The van der Waals surface area contributed by atoms with Gasteiger partial charge in [0.05, 0.1) is 0 Å². The van der Waals surface area contributed by atoms with Crippen LogP contribution in [0.3, 0.4) is 0 Å². The summed E-state index contributed by atoms with van der Waals surface area (Å²) in [6, 6.07) is 0. The molecule has 6 heteroatoms. The first kappa shape index (κ1) is 65.6. The average Bonchev–Trinajstić information content (AvgIpc) is 3.35. The maximum Gasteiger partial charge on any atom is 0.306 e. The molecule has 69 heavy (non-hydrogen) atoms. The fourth-order valence-corrected chi connectivity index (χ4v) is 8.03. The summed E-state index contributed by atoms with van der Waals surface area (Å²) in [5.41, 5.74) is 0. The molecule has 0 bridgehead atoms. The van der Waals surface area contributed by atoms with Crippen LogP contribution in [0.4, 0.5) is 0 Å². The predicted molar refractivity (Wildman–Crippen MR) is 297 cm³/mol. The van der Waals surface area contributed by atoms with Crippen molar-refractivity contribution in [1.29, 1.82) is 0 Å². The fourth-order valence-electron chi connectivity index (χ4n) is 8.03. The molecule has 0 rings (SSSR count). The number of unbranched alkanes of at least 4 members (excludes halogenated alkanes) is 27. The molecule has 1 atom stereocenters. The van der Waals surface area contributed by atoms with Gasteiger partial charge in [0.25, 0.3) is 0 Å². The lowest BCUT2D eigenvalue weighted by Crippen LogP contribution is -2.30. The van der Waals surface area contributed by atoms with E-state index in [1.165, 1.54) is 116 Å². The van der Waals surface area contributed by atoms with Crippen LogP contribution >= 0.6 is 0 Å². The van der Waals surface area contributed by atoms with Crippen LogP contribution in [-0.4, -0.2) is 37.2 Å². The number of allylic oxidation sites excluding steroid dienone is 14. The Kier molecular flexibility index (Phi) is 54.3. The van der Waals surface area contributed by atoms with Gasteiger partial charge in [-0.3, -0.25) is 14.4 Å². The smallest absolute Gasteiger partial charge is 0.306 e. The summed E-state index contributed by atoms with van der Waals surface area (Å²) in [5, 5.41) is 0. The van der Waals surface area contributed by atoms with E-state index >= 15 is 0 Å². The second-order valence-electron chi connectivity index (χ2n) is 19.2. The molecule has 396 valence electrons. The molecule has 0 radical (unpaired) electrons. The van der Waals surface area contributed by atoms with Crippen LogP contribution < -0.4 is 0 Å². The van der Waals surface area contributed by atoms with Crippen molar-refractivity contribution in [2.75, 3.05) is 13.2 Å². The Morgan fingerprint density at radius 2 is 0.565 bits per heavy atom. The minimum atomic E-state index is -0.778. The van der Waals surface area contributed by atoms with Crippen LogP contribution in [0.1, 0.15) is 278 Å². The van der Waals surface area contributed by atoms with E-state index in [1.807, 2.05) is 0 Å². The van der Waals surface area contributed by atoms with Gasteiger partial charge in [0.1, 0.15) is 13.2 Å². The van der Waals surface area contributed by atoms with Crippen LogP contribution in [0.25, 0.3) is 0 Å². The van der Waals surface area contributed by atoms with Gasteiger partial charge in [0.2, 0.25) is 0 Å². The van der Waals surface area contributed by atoms with E-state index in [0.29, 0.717) is 19.3 Å². The summed E-state index contributed by atoms with van der Waals surface area (Å²) in [4.78, 5) is 37.8. The molecule has 0 N–H and O–H groups in total. The summed E-state index contributed by atoms with van der Waals surface area (Å²) >= 11 is 0. The summed E-state index contributed by atoms with van der Waals surface area (Å²) < 4.78 is 16.7. The zero-order valence-corrected chi connectivity index (χ0v) is 45.3. The zero-order valence-electron chi connectivity index (χ0n) is 45.3. The van der Waals surface area contributed by atoms with Crippen LogP contribution in [0.5, 0.6) is 0 Å². The molecule has 6 nitrogen and oxygen atoms in total. The molecule has 0 aliphatic rings. The van der Waals surface area contributed by atoms with E-state index in [9.17, 15) is 14.4 Å². The molecule has 0 spiro atoms. The third kappa shape index (κ3) is 55.4. The Morgan fingerprint density at radius 1 is 0.304 bits per heavy atom. The lowest BCUT2D eigenvalue weighted by Gasteiger charge is -2.18. The number of esters is 3. The third-order valence-electron chi connectivity index (χ3n) is 12.4. The van der Waals surface area contributed by atoms with Gasteiger partial charge in [0, 0.05) is 19.3 Å². The molecule has 0 heterocycles. The molecule has 0 aliphatic heterocycles. The van der Waals surface area contributed by atoms with Gasteiger partial charge in [0.15, 0.2) is 6.10 Å². The van der Waals surface area contributed by atoms with Gasteiger partial charge in [-0.1, -0.05) is 247 Å². The minimum absolute atomic E-state index is 0.0804. The van der Waals surface area contributed by atoms with E-state index in [-0.39, 0.29) is 31.1 Å². The van der Waals surface area contributed by atoms with E-state index < -0.39 is 6.10 Å². The first-order valence-corrected chi connectivity index (χ1v) is 29.1. The Morgan fingerprint density at radius 3 is 0.913 bits per heavy atom. The fraction of sp³-hybridized carbons (Fsp3) is 0.730. The van der Waals surface area contributed by atoms with Crippen LogP contribution in [0.15, 0.2) is 85.1 Å². The van der Waals surface area contributed by atoms with E-state index in [4.69, 9.17) is 14.2 Å². The highest BCUT2D eigenvalue weighted by molar-refractivity contribution is 5.71. The molecule has 0 amide bonds. The SMILES string of the molecule is CC/C=C\C/C=C\C/C=C\C/C=C\C/C=C\CCCCCCCCCCCCCCCCCC(=O)OCC(COC(=O)CCCCCCC)OC(=O)CCCCCCC/C=C\C/C=C\CCCCC. The van der Waals surface area contributed by atoms with Crippen LogP contribution in [0.2, 0.25) is 0 Å². The lowest BCUT2D eigenvalue weighted by atomic mass is 10.0. The van der Waals surface area contributed by atoms with Gasteiger partial charge in [-0.25, -0.2) is 0 Å². The van der Waals surface area contributed by atoms with Crippen molar-refractivity contribution in [2.24, 2.45) is 0 Å². The third-order valence-corrected chi connectivity index (χ3v) is 12.4. The van der Waals surface area contributed by atoms with E-state index in [1.54, 1.807) is 0 Å². The standard InChI is InChI=1S/C63H108O6/c1-4-7-10-13-15-17-19-21-23-24-25-26-27-28-29-30-31-32-33-34-35-36-37-38-40-41-43-45-47-50-53-56-62(65)68-59-60(58-67-61(64)55-52-49-12-9-6-3)69-63(66)57-54-51-48-46-44-42-39-22-20-18-16-14-11-8-5-2/h7,10,15-18,21-23,25-26,28-29,39,60H,4-6,8-9,11-14,19-20,24,27,30-38,40-59H2,1-3H3/b10-7-,17-15-,18-16-,23-21-,26-25-,29-28-,39-22-. The van der Waals surface area contributed by atoms with Gasteiger partial charge < -0.3 is 14.2 Å². The quantitative estimate of drug-likeness (QED) is 0.0262.